The van der Waals surface area contributed by atoms with Gasteiger partial charge in [0.2, 0.25) is 0 Å². The van der Waals surface area contributed by atoms with E-state index in [1.54, 1.807) is 6.26 Å². The largest absolute Gasteiger partial charge is 0.481 e. The van der Waals surface area contributed by atoms with E-state index in [-0.39, 0.29) is 0 Å². The molecule has 0 radical (unpaired) electrons. The molecule has 24 heavy (non-hydrogen) atoms. The van der Waals surface area contributed by atoms with Crippen LogP contribution in [0.15, 0.2) is 24.2 Å². The van der Waals surface area contributed by atoms with E-state index >= 15 is 0 Å². The van der Waals surface area contributed by atoms with Gasteiger partial charge in [-0.15, -0.1) is 0 Å². The first-order valence-corrected chi connectivity index (χ1v) is 9.87. The summed E-state index contributed by atoms with van der Waals surface area (Å²) in [4.78, 5) is 10.3. The SMILES string of the molecule is CC1=CO1.CCCCCCCC/C=C\CCCCCCCC(=O)O. The van der Waals surface area contributed by atoms with Gasteiger partial charge in [0, 0.05) is 6.42 Å². The number of allylic oxidation sites excluding steroid dienone is 3. The first kappa shape index (κ1) is 22.8. The third kappa shape index (κ3) is 23.0. The molecular formula is C21H38O3. The Kier molecular flexibility index (Phi) is 17.2. The summed E-state index contributed by atoms with van der Waals surface area (Å²) < 4.78 is 4.50. The lowest BCUT2D eigenvalue weighted by molar-refractivity contribution is -0.137. The van der Waals surface area contributed by atoms with E-state index < -0.39 is 5.97 Å². The molecule has 140 valence electrons. The Labute approximate surface area is 149 Å². The van der Waals surface area contributed by atoms with Gasteiger partial charge in [-0.1, -0.05) is 70.4 Å². The van der Waals surface area contributed by atoms with Crippen molar-refractivity contribution in [3.63, 3.8) is 0 Å². The Bertz CT molecular complexity index is 345. The van der Waals surface area contributed by atoms with Crippen molar-refractivity contribution in [3.05, 3.63) is 24.2 Å². The summed E-state index contributed by atoms with van der Waals surface area (Å²) in [5.74, 6) is 0.377. The smallest absolute Gasteiger partial charge is 0.303 e. The highest BCUT2D eigenvalue weighted by Crippen LogP contribution is 2.10. The number of aliphatic carboxylic acids is 1. The lowest BCUT2D eigenvalue weighted by atomic mass is 10.1. The average molecular weight is 339 g/mol. The number of rotatable bonds is 15. The molecule has 0 aromatic heterocycles. The molecule has 1 aliphatic rings. The number of carbonyl (C=O) groups is 1. The monoisotopic (exact) mass is 338 g/mol. The molecule has 1 heterocycles. The molecule has 1 N–H and O–H groups in total. The van der Waals surface area contributed by atoms with E-state index in [4.69, 9.17) is 5.11 Å². The van der Waals surface area contributed by atoms with Crippen LogP contribution in [-0.4, -0.2) is 11.1 Å². The van der Waals surface area contributed by atoms with E-state index in [1.807, 2.05) is 6.92 Å². The minimum Gasteiger partial charge on any atom is -0.481 e. The zero-order chi connectivity index (χ0) is 17.9. The predicted octanol–water partition coefficient (Wildman–Crippen LogP) is 6.99. The fourth-order valence-corrected chi connectivity index (χ4v) is 2.41. The van der Waals surface area contributed by atoms with Crippen LogP contribution >= 0.6 is 0 Å². The van der Waals surface area contributed by atoms with Crippen LogP contribution < -0.4 is 0 Å². The molecule has 1 rings (SSSR count). The van der Waals surface area contributed by atoms with Crippen LogP contribution in [-0.2, 0) is 9.53 Å². The topological polar surface area (TPSA) is 49.8 Å². The van der Waals surface area contributed by atoms with Gasteiger partial charge in [0.05, 0.1) is 0 Å². The van der Waals surface area contributed by atoms with Gasteiger partial charge >= 0.3 is 5.97 Å². The van der Waals surface area contributed by atoms with Crippen molar-refractivity contribution >= 4 is 5.97 Å². The number of unbranched alkanes of at least 4 members (excludes halogenated alkanes) is 11. The van der Waals surface area contributed by atoms with Crippen LogP contribution in [0.3, 0.4) is 0 Å². The Morgan fingerprint density at radius 1 is 0.917 bits per heavy atom. The fraction of sp³-hybridized carbons (Fsp3) is 0.762. The van der Waals surface area contributed by atoms with E-state index in [0.29, 0.717) is 6.42 Å². The highest BCUT2D eigenvalue weighted by atomic mass is 16.5. The maximum Gasteiger partial charge on any atom is 0.303 e. The van der Waals surface area contributed by atoms with Gasteiger partial charge in [0.1, 0.15) is 12.0 Å². The molecule has 0 amide bonds. The summed E-state index contributed by atoms with van der Waals surface area (Å²) in [6.45, 7) is 4.18. The van der Waals surface area contributed by atoms with E-state index in [0.717, 1.165) is 18.6 Å². The molecule has 0 fully saturated rings. The van der Waals surface area contributed by atoms with Gasteiger partial charge in [-0.05, 0) is 39.0 Å². The first-order valence-electron chi connectivity index (χ1n) is 9.87. The summed E-state index contributed by atoms with van der Waals surface area (Å²) in [5.41, 5.74) is 0. The summed E-state index contributed by atoms with van der Waals surface area (Å²) >= 11 is 0. The van der Waals surface area contributed by atoms with Gasteiger partial charge in [-0.3, -0.25) is 4.79 Å². The van der Waals surface area contributed by atoms with E-state index in [9.17, 15) is 4.79 Å². The van der Waals surface area contributed by atoms with Crippen molar-refractivity contribution in [2.45, 2.75) is 104 Å². The molecule has 1 aliphatic heterocycles. The second kappa shape index (κ2) is 18.1. The van der Waals surface area contributed by atoms with Crippen molar-refractivity contribution in [3.8, 4) is 0 Å². The highest BCUT2D eigenvalue weighted by molar-refractivity contribution is 5.66. The van der Waals surface area contributed by atoms with Crippen LogP contribution in [0.1, 0.15) is 104 Å². The lowest BCUT2D eigenvalue weighted by Crippen LogP contribution is -1.93. The molecule has 0 aliphatic carbocycles. The van der Waals surface area contributed by atoms with Crippen molar-refractivity contribution in [1.82, 2.24) is 0 Å². The molecule has 0 saturated heterocycles. The summed E-state index contributed by atoms with van der Waals surface area (Å²) in [5, 5.41) is 8.51. The maximum absolute atomic E-state index is 10.3. The van der Waals surface area contributed by atoms with Crippen LogP contribution in [0.5, 0.6) is 0 Å². The van der Waals surface area contributed by atoms with Crippen LogP contribution in [0.2, 0.25) is 0 Å². The van der Waals surface area contributed by atoms with E-state index in [2.05, 4.69) is 23.8 Å². The molecule has 0 atom stereocenters. The summed E-state index contributed by atoms with van der Waals surface area (Å²) in [6, 6.07) is 0. The quantitative estimate of drug-likeness (QED) is 0.259. The predicted molar refractivity (Wildman–Crippen MR) is 102 cm³/mol. The maximum atomic E-state index is 10.3. The van der Waals surface area contributed by atoms with Crippen molar-refractivity contribution in [1.29, 1.82) is 0 Å². The zero-order valence-electron chi connectivity index (χ0n) is 15.9. The van der Waals surface area contributed by atoms with Gasteiger partial charge in [-0.2, -0.15) is 0 Å². The second-order valence-electron chi connectivity index (χ2n) is 6.57. The standard InChI is InChI=1S/C18H34O2.C3H4O/c1-2-3-4-5-6-7-8-9-10-11-12-13-14-15-16-17-18(19)20;1-3-2-4-3/h9-10H,2-8,11-17H2,1H3,(H,19,20);2H,1H3/b10-9-;. The molecule has 0 spiro atoms. The zero-order valence-corrected chi connectivity index (χ0v) is 15.9. The van der Waals surface area contributed by atoms with Crippen LogP contribution in [0.4, 0.5) is 0 Å². The molecule has 0 aromatic rings. The number of ether oxygens (including phenoxy) is 1. The Hall–Kier alpha value is -1.25. The van der Waals surface area contributed by atoms with Crippen LogP contribution in [0, 0.1) is 0 Å². The van der Waals surface area contributed by atoms with Gasteiger partial charge in [0.15, 0.2) is 0 Å². The number of hydrogen-bond donors (Lipinski definition) is 1. The average Bonchev–Trinajstić information content (AvgIpc) is 3.34. The van der Waals surface area contributed by atoms with Gasteiger partial charge in [-0.25, -0.2) is 0 Å². The number of carboxylic acids is 1. The Morgan fingerprint density at radius 3 is 1.75 bits per heavy atom. The molecule has 3 nitrogen and oxygen atoms in total. The van der Waals surface area contributed by atoms with Crippen molar-refractivity contribution in [2.75, 3.05) is 0 Å². The molecule has 0 unspecified atom stereocenters. The Morgan fingerprint density at radius 2 is 1.33 bits per heavy atom. The van der Waals surface area contributed by atoms with Crippen molar-refractivity contribution < 1.29 is 14.6 Å². The number of carboxylic acid groups (broad SMARTS) is 1. The summed E-state index contributed by atoms with van der Waals surface area (Å²) in [7, 11) is 0. The number of hydrogen-bond acceptors (Lipinski definition) is 2. The van der Waals surface area contributed by atoms with Gasteiger partial charge < -0.3 is 9.84 Å². The van der Waals surface area contributed by atoms with E-state index in [1.165, 1.54) is 70.6 Å². The second-order valence-corrected chi connectivity index (χ2v) is 6.57. The van der Waals surface area contributed by atoms with Crippen LogP contribution in [0.25, 0.3) is 0 Å². The Balaban J connectivity index is 0.00000114. The lowest BCUT2D eigenvalue weighted by Gasteiger charge is -1.99. The summed E-state index contributed by atoms with van der Waals surface area (Å²) in [6.07, 6.45) is 22.9. The third-order valence-electron chi connectivity index (χ3n) is 4.01. The van der Waals surface area contributed by atoms with Gasteiger partial charge in [0.25, 0.3) is 0 Å². The molecular weight excluding hydrogens is 300 g/mol. The minimum atomic E-state index is -0.664. The molecule has 0 saturated carbocycles. The van der Waals surface area contributed by atoms with Crippen molar-refractivity contribution in [2.24, 2.45) is 0 Å². The fourth-order valence-electron chi connectivity index (χ4n) is 2.41. The first-order chi connectivity index (χ1) is 11.7. The molecule has 3 heteroatoms. The molecule has 0 aromatic carbocycles. The highest BCUT2D eigenvalue weighted by Gasteiger charge is 1.96. The third-order valence-corrected chi connectivity index (χ3v) is 4.01. The minimum absolute atomic E-state index is 0.332. The molecule has 0 bridgehead atoms. The normalized spacial score (nSPS) is 12.3.